The van der Waals surface area contributed by atoms with Crippen LogP contribution in [0, 0.1) is 18.3 Å². The molecule has 1 unspecified atom stereocenters. The fourth-order valence-corrected chi connectivity index (χ4v) is 4.22. The summed E-state index contributed by atoms with van der Waals surface area (Å²) in [6, 6.07) is 11.0. The monoisotopic (exact) mass is 460 g/mol. The minimum Gasteiger partial charge on any atom is -0.493 e. The number of methoxy groups -OCH3 is 3. The molecule has 2 N–H and O–H groups in total. The van der Waals surface area contributed by atoms with Crippen molar-refractivity contribution in [3.05, 3.63) is 86.9 Å². The van der Waals surface area contributed by atoms with Crippen molar-refractivity contribution in [3.63, 3.8) is 0 Å². The molecule has 174 valence electrons. The van der Waals surface area contributed by atoms with Gasteiger partial charge in [-0.05, 0) is 24.6 Å². The first-order valence-corrected chi connectivity index (χ1v) is 10.4. The number of aromatic nitrogens is 2. The lowest BCUT2D eigenvalue weighted by Crippen LogP contribution is -2.33. The van der Waals surface area contributed by atoms with Crippen LogP contribution in [0.4, 0.5) is 0 Å². The largest absolute Gasteiger partial charge is 0.493 e. The summed E-state index contributed by atoms with van der Waals surface area (Å²) in [5.74, 6) is 0.512. The average molecular weight is 460 g/mol. The molecule has 1 aliphatic rings. The molecule has 4 rings (SSSR count). The number of pyridine rings is 2. The van der Waals surface area contributed by atoms with E-state index in [1.165, 1.54) is 21.3 Å². The van der Waals surface area contributed by atoms with E-state index in [2.05, 4.69) is 11.1 Å². The topological polar surface area (TPSA) is 122 Å². The van der Waals surface area contributed by atoms with E-state index >= 15 is 0 Å². The van der Waals surface area contributed by atoms with Crippen molar-refractivity contribution in [1.29, 1.82) is 5.26 Å². The summed E-state index contributed by atoms with van der Waals surface area (Å²) in [5.41, 5.74) is 8.28. The molecule has 3 aromatic rings. The van der Waals surface area contributed by atoms with Crippen molar-refractivity contribution in [2.75, 3.05) is 21.3 Å². The van der Waals surface area contributed by atoms with Crippen LogP contribution >= 0.6 is 0 Å². The molecule has 9 nitrogen and oxygen atoms in total. The SMILES string of the molecule is COc1ccc(C2C(C#N)=C(N)Oc3cc(C)n(Cc4cccnc4)c(=O)c32)c(OC)c1OC. The quantitative estimate of drug-likeness (QED) is 0.596. The summed E-state index contributed by atoms with van der Waals surface area (Å²) in [7, 11) is 4.48. The van der Waals surface area contributed by atoms with Crippen LogP contribution in [0.5, 0.6) is 23.0 Å². The molecule has 2 aromatic heterocycles. The highest BCUT2D eigenvalue weighted by Crippen LogP contribution is 2.48. The van der Waals surface area contributed by atoms with Gasteiger partial charge in [0.25, 0.3) is 5.56 Å². The van der Waals surface area contributed by atoms with E-state index in [1.807, 2.05) is 19.1 Å². The zero-order valence-corrected chi connectivity index (χ0v) is 19.3. The maximum absolute atomic E-state index is 13.9. The zero-order chi connectivity index (χ0) is 24.4. The number of ether oxygens (including phenoxy) is 4. The molecule has 1 aliphatic heterocycles. The minimum absolute atomic E-state index is 0.0688. The third-order valence-electron chi connectivity index (χ3n) is 5.80. The van der Waals surface area contributed by atoms with Gasteiger partial charge in [-0.3, -0.25) is 9.78 Å². The summed E-state index contributed by atoms with van der Waals surface area (Å²) in [4.78, 5) is 18.0. The molecule has 3 heterocycles. The Kier molecular flexibility index (Phi) is 6.15. The average Bonchev–Trinajstić information content (AvgIpc) is 2.85. The van der Waals surface area contributed by atoms with Crippen LogP contribution in [-0.2, 0) is 6.54 Å². The maximum atomic E-state index is 13.9. The summed E-state index contributed by atoms with van der Waals surface area (Å²) in [6.45, 7) is 2.12. The van der Waals surface area contributed by atoms with Crippen LogP contribution in [0.1, 0.15) is 28.3 Å². The van der Waals surface area contributed by atoms with Crippen molar-refractivity contribution < 1.29 is 18.9 Å². The van der Waals surface area contributed by atoms with E-state index in [4.69, 9.17) is 24.7 Å². The molecule has 0 radical (unpaired) electrons. The molecule has 9 heteroatoms. The van der Waals surface area contributed by atoms with E-state index in [1.54, 1.807) is 35.2 Å². The van der Waals surface area contributed by atoms with Crippen molar-refractivity contribution >= 4 is 0 Å². The Morgan fingerprint density at radius 2 is 1.94 bits per heavy atom. The van der Waals surface area contributed by atoms with Gasteiger partial charge in [-0.1, -0.05) is 12.1 Å². The lowest BCUT2D eigenvalue weighted by molar-refractivity contribution is 0.321. The molecule has 0 saturated heterocycles. The summed E-state index contributed by atoms with van der Waals surface area (Å²) in [5, 5.41) is 9.98. The Balaban J connectivity index is 2.00. The van der Waals surface area contributed by atoms with Crippen LogP contribution in [0.25, 0.3) is 0 Å². The standard InChI is InChI=1S/C25H24N4O5/c1-14-10-19-21(25(30)29(14)13-15-6-5-9-28-12-15)20(17(11-26)24(27)34-19)16-7-8-18(31-2)23(33-4)22(16)32-3/h5-10,12,20H,13,27H2,1-4H3. The molecule has 0 amide bonds. The second-order valence-corrected chi connectivity index (χ2v) is 7.66. The van der Waals surface area contributed by atoms with Gasteiger partial charge in [0, 0.05) is 29.7 Å². The van der Waals surface area contributed by atoms with Crippen LogP contribution in [0.15, 0.2) is 59.0 Å². The number of rotatable bonds is 6. The molecule has 1 atom stereocenters. The Morgan fingerprint density at radius 1 is 1.18 bits per heavy atom. The summed E-state index contributed by atoms with van der Waals surface area (Å²) >= 11 is 0. The van der Waals surface area contributed by atoms with Crippen LogP contribution in [0.2, 0.25) is 0 Å². The highest BCUT2D eigenvalue weighted by Gasteiger charge is 2.37. The van der Waals surface area contributed by atoms with Crippen LogP contribution in [0.3, 0.4) is 0 Å². The first-order valence-electron chi connectivity index (χ1n) is 10.4. The van der Waals surface area contributed by atoms with Gasteiger partial charge < -0.3 is 29.2 Å². The van der Waals surface area contributed by atoms with E-state index < -0.39 is 5.92 Å². The molecular weight excluding hydrogens is 436 g/mol. The van der Waals surface area contributed by atoms with E-state index in [0.29, 0.717) is 40.8 Å². The Labute approximate surface area is 196 Å². The fraction of sp³-hybridized carbons (Fsp3) is 0.240. The molecule has 1 aromatic carbocycles. The number of hydrogen-bond acceptors (Lipinski definition) is 8. The van der Waals surface area contributed by atoms with E-state index in [0.717, 1.165) is 5.56 Å². The smallest absolute Gasteiger partial charge is 0.259 e. The van der Waals surface area contributed by atoms with Gasteiger partial charge >= 0.3 is 0 Å². The molecule has 34 heavy (non-hydrogen) atoms. The Morgan fingerprint density at radius 3 is 2.56 bits per heavy atom. The number of nitrogens with two attached hydrogens (primary N) is 1. The highest BCUT2D eigenvalue weighted by atomic mass is 16.5. The molecule has 0 bridgehead atoms. The predicted octanol–water partition coefficient (Wildman–Crippen LogP) is 2.84. The van der Waals surface area contributed by atoms with Gasteiger partial charge in [0.1, 0.15) is 17.4 Å². The van der Waals surface area contributed by atoms with Gasteiger partial charge in [0.05, 0.1) is 39.4 Å². The molecule has 0 spiro atoms. The number of nitriles is 1. The first kappa shape index (κ1) is 22.7. The third kappa shape index (κ3) is 3.69. The molecule has 0 saturated carbocycles. The van der Waals surface area contributed by atoms with Crippen molar-refractivity contribution in [2.24, 2.45) is 5.73 Å². The molecule has 0 fully saturated rings. The van der Waals surface area contributed by atoms with E-state index in [-0.39, 0.29) is 22.6 Å². The Hall–Kier alpha value is -4.45. The van der Waals surface area contributed by atoms with Crippen molar-refractivity contribution in [3.8, 4) is 29.1 Å². The summed E-state index contributed by atoms with van der Waals surface area (Å²) < 4.78 is 23.9. The molecule has 0 aliphatic carbocycles. The number of fused-ring (bicyclic) bond motifs is 1. The van der Waals surface area contributed by atoms with Gasteiger partial charge in [0.2, 0.25) is 11.6 Å². The number of hydrogen-bond donors (Lipinski definition) is 1. The summed E-state index contributed by atoms with van der Waals surface area (Å²) in [6.07, 6.45) is 3.38. The Bertz CT molecular complexity index is 1370. The third-order valence-corrected chi connectivity index (χ3v) is 5.80. The molecular formula is C25H24N4O5. The van der Waals surface area contributed by atoms with Gasteiger partial charge in [-0.15, -0.1) is 0 Å². The van der Waals surface area contributed by atoms with Crippen LogP contribution in [-0.4, -0.2) is 30.9 Å². The van der Waals surface area contributed by atoms with Crippen LogP contribution < -0.4 is 30.2 Å². The number of benzene rings is 1. The van der Waals surface area contributed by atoms with Crippen molar-refractivity contribution in [2.45, 2.75) is 19.4 Å². The second-order valence-electron chi connectivity index (χ2n) is 7.66. The van der Waals surface area contributed by atoms with Crippen molar-refractivity contribution in [1.82, 2.24) is 9.55 Å². The lowest BCUT2D eigenvalue weighted by atomic mass is 9.83. The second kappa shape index (κ2) is 9.19. The highest BCUT2D eigenvalue weighted by molar-refractivity contribution is 5.64. The predicted molar refractivity (Wildman–Crippen MR) is 124 cm³/mol. The van der Waals surface area contributed by atoms with Gasteiger partial charge in [-0.2, -0.15) is 5.26 Å². The number of allylic oxidation sites excluding steroid dienone is 1. The first-order chi connectivity index (χ1) is 16.4. The minimum atomic E-state index is -0.836. The normalized spacial score (nSPS) is 14.6. The van der Waals surface area contributed by atoms with E-state index in [9.17, 15) is 10.1 Å². The lowest BCUT2D eigenvalue weighted by Gasteiger charge is -2.29. The maximum Gasteiger partial charge on any atom is 0.259 e. The zero-order valence-electron chi connectivity index (χ0n) is 19.3. The fourth-order valence-electron chi connectivity index (χ4n) is 4.22. The number of aryl methyl sites for hydroxylation is 1. The van der Waals surface area contributed by atoms with Gasteiger partial charge in [0.15, 0.2) is 11.5 Å². The van der Waals surface area contributed by atoms with Gasteiger partial charge in [-0.25, -0.2) is 0 Å². The number of nitrogens with zero attached hydrogens (tertiary/aromatic N) is 3.